The van der Waals surface area contributed by atoms with E-state index in [2.05, 4.69) is 31.4 Å². The van der Waals surface area contributed by atoms with Gasteiger partial charge in [-0.1, -0.05) is 57.0 Å². The van der Waals surface area contributed by atoms with Crippen molar-refractivity contribution in [3.8, 4) is 0 Å². The molecule has 4 heteroatoms. The summed E-state index contributed by atoms with van der Waals surface area (Å²) in [6, 6.07) is 0. The molecule has 1 aliphatic heterocycles. The molecule has 0 N–H and O–H groups in total. The van der Waals surface area contributed by atoms with Gasteiger partial charge in [-0.05, 0) is 24.2 Å². The van der Waals surface area contributed by atoms with Gasteiger partial charge < -0.3 is 4.74 Å². The highest BCUT2D eigenvalue weighted by atomic mass is 32.2. The highest BCUT2D eigenvalue weighted by Gasteiger charge is 2.10. The van der Waals surface area contributed by atoms with E-state index in [1.165, 1.54) is 23.5 Å². The molecule has 0 amide bonds. The third kappa shape index (κ3) is 8.05. The van der Waals surface area contributed by atoms with Crippen molar-refractivity contribution < 1.29 is 9.53 Å². The normalized spacial score (nSPS) is 15.8. The molecule has 1 rings (SSSR count). The second-order valence-electron chi connectivity index (χ2n) is 4.95. The van der Waals surface area contributed by atoms with Crippen LogP contribution in [0.3, 0.4) is 0 Å². The molecule has 0 aromatic heterocycles. The molecule has 0 aliphatic carbocycles. The number of carbonyl (C=O) groups excluding carboxylic acids is 1. The van der Waals surface area contributed by atoms with Gasteiger partial charge in [-0.25, -0.2) is 0 Å². The largest absolute Gasteiger partial charge is 0.465 e. The van der Waals surface area contributed by atoms with Crippen LogP contribution in [-0.2, 0) is 9.53 Å². The number of hydrogen-bond donors (Lipinski definition) is 0. The molecule has 0 aromatic carbocycles. The summed E-state index contributed by atoms with van der Waals surface area (Å²) in [4.78, 5) is 11.7. The summed E-state index contributed by atoms with van der Waals surface area (Å²) < 4.78 is 6.69. The number of hydrogen-bond acceptors (Lipinski definition) is 4. The summed E-state index contributed by atoms with van der Waals surface area (Å²) in [6.07, 6.45) is 10.6. The van der Waals surface area contributed by atoms with Gasteiger partial charge in [0.2, 0.25) is 0 Å². The topological polar surface area (TPSA) is 26.3 Å². The second-order valence-corrected chi connectivity index (χ2v) is 7.29. The fraction of sp³-hybridized carbons (Fsp3) is 0.688. The molecule has 2 nitrogen and oxygen atoms in total. The number of unbranched alkanes of at least 4 members (excludes halogenated alkanes) is 1. The van der Waals surface area contributed by atoms with E-state index in [4.69, 9.17) is 4.74 Å². The zero-order valence-electron chi connectivity index (χ0n) is 12.6. The van der Waals surface area contributed by atoms with Crippen molar-refractivity contribution in [3.63, 3.8) is 0 Å². The molecule has 0 fully saturated rings. The summed E-state index contributed by atoms with van der Waals surface area (Å²) in [7, 11) is 0. The first-order valence-electron chi connectivity index (χ1n) is 7.56. The smallest absolute Gasteiger partial charge is 0.306 e. The lowest BCUT2D eigenvalue weighted by atomic mass is 10.0. The third-order valence-electron chi connectivity index (χ3n) is 3.27. The Kier molecular flexibility index (Phi) is 10.0. The number of allylic oxidation sites excluding steroid dienone is 2. The van der Waals surface area contributed by atoms with Crippen molar-refractivity contribution >= 4 is 29.5 Å². The Hall–Kier alpha value is -0.350. The Labute approximate surface area is 131 Å². The van der Waals surface area contributed by atoms with Crippen LogP contribution < -0.4 is 0 Å². The van der Waals surface area contributed by atoms with Crippen molar-refractivity contribution in [1.29, 1.82) is 0 Å². The van der Waals surface area contributed by atoms with Gasteiger partial charge in [0.05, 0.1) is 13.0 Å². The molecular weight excluding hydrogens is 288 g/mol. The zero-order chi connectivity index (χ0) is 14.6. The first kappa shape index (κ1) is 17.7. The number of carbonyl (C=O) groups is 1. The lowest BCUT2D eigenvalue weighted by Crippen LogP contribution is -2.14. The van der Waals surface area contributed by atoms with E-state index in [1.807, 2.05) is 0 Å². The van der Waals surface area contributed by atoms with E-state index >= 15 is 0 Å². The molecule has 1 atom stereocenters. The Balaban J connectivity index is 2.08. The second kappa shape index (κ2) is 11.3. The first-order valence-corrected chi connectivity index (χ1v) is 9.43. The van der Waals surface area contributed by atoms with E-state index in [9.17, 15) is 4.79 Å². The summed E-state index contributed by atoms with van der Waals surface area (Å²) in [6.45, 7) is 4.97. The minimum Gasteiger partial charge on any atom is -0.465 e. The van der Waals surface area contributed by atoms with Gasteiger partial charge in [0.15, 0.2) is 0 Å². The Morgan fingerprint density at radius 1 is 1.50 bits per heavy atom. The minimum absolute atomic E-state index is 0.0515. The van der Waals surface area contributed by atoms with Crippen LogP contribution in [0.5, 0.6) is 0 Å². The molecule has 0 saturated heterocycles. The van der Waals surface area contributed by atoms with Gasteiger partial charge in [0, 0.05) is 9.99 Å². The van der Waals surface area contributed by atoms with Crippen LogP contribution in [0.2, 0.25) is 0 Å². The Morgan fingerprint density at radius 3 is 3.00 bits per heavy atom. The van der Waals surface area contributed by atoms with Gasteiger partial charge in [0.1, 0.15) is 0 Å². The predicted octanol–water partition coefficient (Wildman–Crippen LogP) is 5.36. The maximum absolute atomic E-state index is 11.7. The molecule has 114 valence electrons. The number of ether oxygens (including phenoxy) is 1. The highest BCUT2D eigenvalue weighted by Crippen LogP contribution is 2.32. The SMILES string of the molecule is CCCCC(CC)COC(=O)CCSC1=CCC=CS1. The highest BCUT2D eigenvalue weighted by molar-refractivity contribution is 8.23. The first-order chi connectivity index (χ1) is 9.76. The number of thioether (sulfide) groups is 2. The summed E-state index contributed by atoms with van der Waals surface area (Å²) >= 11 is 3.49. The van der Waals surface area contributed by atoms with Crippen LogP contribution in [0.1, 0.15) is 52.4 Å². The molecular formula is C16H26O2S2. The van der Waals surface area contributed by atoms with Gasteiger partial charge in [0.25, 0.3) is 0 Å². The Bertz CT molecular complexity index is 337. The third-order valence-corrected chi connectivity index (χ3v) is 5.50. The standard InChI is InChI=1S/C16H26O2S2/c1-3-5-8-14(4-2)13-18-15(17)10-12-20-16-9-6-7-11-19-16/h7,9,11,14H,3-6,8,10,12-13H2,1-2H3. The zero-order valence-corrected chi connectivity index (χ0v) is 14.2. The number of esters is 1. The van der Waals surface area contributed by atoms with E-state index in [1.54, 1.807) is 23.5 Å². The predicted molar refractivity (Wildman–Crippen MR) is 90.8 cm³/mol. The molecule has 1 unspecified atom stereocenters. The van der Waals surface area contributed by atoms with Gasteiger partial charge in [-0.3, -0.25) is 4.79 Å². The maximum Gasteiger partial charge on any atom is 0.306 e. The van der Waals surface area contributed by atoms with Crippen LogP contribution >= 0.6 is 23.5 Å². The lowest BCUT2D eigenvalue weighted by Gasteiger charge is -2.14. The number of rotatable bonds is 10. The van der Waals surface area contributed by atoms with Gasteiger partial charge in [-0.15, -0.1) is 11.8 Å². The molecule has 0 spiro atoms. The van der Waals surface area contributed by atoms with Crippen molar-refractivity contribution in [2.24, 2.45) is 5.92 Å². The molecule has 0 bridgehead atoms. The lowest BCUT2D eigenvalue weighted by molar-refractivity contribution is -0.144. The average Bonchev–Trinajstić information content (AvgIpc) is 2.48. The van der Waals surface area contributed by atoms with Crippen LogP contribution in [0.4, 0.5) is 0 Å². The fourth-order valence-electron chi connectivity index (χ4n) is 1.89. The van der Waals surface area contributed by atoms with E-state index < -0.39 is 0 Å². The molecule has 20 heavy (non-hydrogen) atoms. The maximum atomic E-state index is 11.7. The van der Waals surface area contributed by atoms with Gasteiger partial charge >= 0.3 is 5.97 Å². The molecule has 1 aliphatic rings. The fourth-order valence-corrected chi connectivity index (χ4v) is 3.80. The average molecular weight is 315 g/mol. The van der Waals surface area contributed by atoms with E-state index in [0.29, 0.717) is 18.9 Å². The summed E-state index contributed by atoms with van der Waals surface area (Å²) in [5.74, 6) is 1.30. The van der Waals surface area contributed by atoms with Crippen molar-refractivity contribution in [2.75, 3.05) is 12.4 Å². The molecule has 0 radical (unpaired) electrons. The van der Waals surface area contributed by atoms with Crippen molar-refractivity contribution in [3.05, 3.63) is 21.8 Å². The van der Waals surface area contributed by atoms with Crippen molar-refractivity contribution in [1.82, 2.24) is 0 Å². The monoisotopic (exact) mass is 314 g/mol. The quantitative estimate of drug-likeness (QED) is 0.507. The van der Waals surface area contributed by atoms with Crippen LogP contribution in [0.25, 0.3) is 0 Å². The molecule has 0 saturated carbocycles. The van der Waals surface area contributed by atoms with Crippen LogP contribution in [-0.4, -0.2) is 18.3 Å². The van der Waals surface area contributed by atoms with Gasteiger partial charge in [-0.2, -0.15) is 0 Å². The summed E-state index contributed by atoms with van der Waals surface area (Å²) in [5.41, 5.74) is 0. The molecule has 1 heterocycles. The van der Waals surface area contributed by atoms with Crippen molar-refractivity contribution in [2.45, 2.75) is 52.4 Å². The van der Waals surface area contributed by atoms with E-state index in [-0.39, 0.29) is 5.97 Å². The van der Waals surface area contributed by atoms with Crippen LogP contribution in [0, 0.1) is 5.92 Å². The Morgan fingerprint density at radius 2 is 2.35 bits per heavy atom. The van der Waals surface area contributed by atoms with E-state index in [0.717, 1.165) is 18.6 Å². The summed E-state index contributed by atoms with van der Waals surface area (Å²) in [5, 5.41) is 2.11. The molecule has 0 aromatic rings. The minimum atomic E-state index is -0.0515. The van der Waals surface area contributed by atoms with Crippen LogP contribution in [0.15, 0.2) is 21.8 Å².